The number of urea groups is 1. The van der Waals surface area contributed by atoms with Gasteiger partial charge in [-0.25, -0.2) is 10.2 Å². The van der Waals surface area contributed by atoms with E-state index < -0.39 is 6.03 Å². The first-order valence-corrected chi connectivity index (χ1v) is 4.73. The molecule has 0 spiro atoms. The van der Waals surface area contributed by atoms with Crippen molar-refractivity contribution < 1.29 is 4.79 Å². The summed E-state index contributed by atoms with van der Waals surface area (Å²) in [5, 5.41) is 4.01. The molecular formula is C9H17N3O. The summed E-state index contributed by atoms with van der Waals surface area (Å²) in [7, 11) is 0. The lowest BCUT2D eigenvalue weighted by molar-refractivity contribution is 0.249. The molecule has 3 N–H and O–H groups in total. The maximum Gasteiger partial charge on any atom is 0.332 e. The maximum atomic E-state index is 10.4. The second-order valence-electron chi connectivity index (χ2n) is 3.74. The van der Waals surface area contributed by atoms with Crippen molar-refractivity contribution in [3.8, 4) is 0 Å². The number of hydrogen-bond acceptors (Lipinski definition) is 2. The largest absolute Gasteiger partial charge is 0.350 e. The minimum atomic E-state index is -0.585. The molecule has 1 aliphatic rings. The molecule has 13 heavy (non-hydrogen) atoms. The van der Waals surface area contributed by atoms with Crippen LogP contribution in [-0.2, 0) is 0 Å². The summed E-state index contributed by atoms with van der Waals surface area (Å²) >= 11 is 0. The van der Waals surface area contributed by atoms with Crippen molar-refractivity contribution >= 4 is 11.7 Å². The molecule has 0 aromatic heterocycles. The third-order valence-electron chi connectivity index (χ3n) is 2.78. The molecule has 1 rings (SSSR count). The molecule has 1 fully saturated rings. The van der Waals surface area contributed by atoms with E-state index in [1.54, 1.807) is 0 Å². The summed E-state index contributed by atoms with van der Waals surface area (Å²) in [6.07, 6.45) is 3.38. The van der Waals surface area contributed by atoms with Crippen molar-refractivity contribution in [2.75, 3.05) is 0 Å². The number of primary amides is 1. The van der Waals surface area contributed by atoms with Crippen LogP contribution in [0.25, 0.3) is 0 Å². The third-order valence-corrected chi connectivity index (χ3v) is 2.78. The summed E-state index contributed by atoms with van der Waals surface area (Å²) in [5.74, 6) is 1.11. The fourth-order valence-corrected chi connectivity index (χ4v) is 1.70. The Labute approximate surface area is 78.6 Å². The molecule has 1 saturated carbocycles. The Bertz CT molecular complexity index is 225. The van der Waals surface area contributed by atoms with Crippen molar-refractivity contribution in [3.63, 3.8) is 0 Å². The van der Waals surface area contributed by atoms with E-state index in [-0.39, 0.29) is 0 Å². The first-order chi connectivity index (χ1) is 6.11. The molecule has 0 aromatic carbocycles. The van der Waals surface area contributed by atoms with Crippen molar-refractivity contribution in [2.45, 2.75) is 33.1 Å². The van der Waals surface area contributed by atoms with Crippen LogP contribution < -0.4 is 11.2 Å². The smallest absolute Gasteiger partial charge is 0.332 e. The van der Waals surface area contributed by atoms with Crippen molar-refractivity contribution in [3.05, 3.63) is 0 Å². The second-order valence-corrected chi connectivity index (χ2v) is 3.74. The predicted octanol–water partition coefficient (Wildman–Crippen LogP) is 1.47. The van der Waals surface area contributed by atoms with Gasteiger partial charge in [0.1, 0.15) is 0 Å². The lowest BCUT2D eigenvalue weighted by atomic mass is 9.80. The molecule has 0 aromatic rings. The fourth-order valence-electron chi connectivity index (χ4n) is 1.70. The minimum absolute atomic E-state index is 0.459. The van der Waals surface area contributed by atoms with Gasteiger partial charge in [0.05, 0.1) is 0 Å². The quantitative estimate of drug-likeness (QED) is 0.594. The molecule has 4 heteroatoms. The SMILES string of the molecule is CC1CCC/C(=N\NC(N)=O)C1C. The van der Waals surface area contributed by atoms with E-state index in [1.165, 1.54) is 6.42 Å². The zero-order chi connectivity index (χ0) is 9.84. The van der Waals surface area contributed by atoms with E-state index in [0.29, 0.717) is 11.8 Å². The van der Waals surface area contributed by atoms with Crippen LogP contribution in [0, 0.1) is 11.8 Å². The lowest BCUT2D eigenvalue weighted by Crippen LogP contribution is -2.30. The van der Waals surface area contributed by atoms with Gasteiger partial charge in [-0.2, -0.15) is 5.10 Å². The highest BCUT2D eigenvalue weighted by Gasteiger charge is 2.22. The summed E-state index contributed by atoms with van der Waals surface area (Å²) < 4.78 is 0. The average molecular weight is 183 g/mol. The van der Waals surface area contributed by atoms with Gasteiger partial charge >= 0.3 is 6.03 Å². The molecule has 74 valence electrons. The number of nitrogens with two attached hydrogens (primary N) is 1. The summed E-state index contributed by atoms with van der Waals surface area (Å²) in [6, 6.07) is -0.585. The first-order valence-electron chi connectivity index (χ1n) is 4.73. The Morgan fingerprint density at radius 3 is 2.92 bits per heavy atom. The van der Waals surface area contributed by atoms with E-state index >= 15 is 0 Å². The maximum absolute atomic E-state index is 10.4. The standard InChI is InChI=1S/C9H17N3O/c1-6-4-3-5-8(7(6)2)11-12-9(10)13/h6-7H,3-5H2,1-2H3,(H3,10,12,13)/b11-8+. The van der Waals surface area contributed by atoms with Crippen molar-refractivity contribution in [1.29, 1.82) is 0 Å². The lowest BCUT2D eigenvalue weighted by Gasteiger charge is -2.26. The minimum Gasteiger partial charge on any atom is -0.350 e. The number of rotatable bonds is 1. The van der Waals surface area contributed by atoms with Crippen LogP contribution in [0.2, 0.25) is 0 Å². The van der Waals surface area contributed by atoms with Gasteiger partial charge in [0, 0.05) is 5.71 Å². The number of nitrogens with zero attached hydrogens (tertiary/aromatic N) is 1. The van der Waals surface area contributed by atoms with Gasteiger partial charge in [-0.3, -0.25) is 0 Å². The van der Waals surface area contributed by atoms with Crippen LogP contribution in [0.5, 0.6) is 0 Å². The second kappa shape index (κ2) is 4.25. The third kappa shape index (κ3) is 2.72. The van der Waals surface area contributed by atoms with Crippen LogP contribution in [-0.4, -0.2) is 11.7 Å². The highest BCUT2D eigenvalue weighted by Crippen LogP contribution is 2.26. The molecular weight excluding hydrogens is 166 g/mol. The molecule has 2 atom stereocenters. The average Bonchev–Trinajstić information content (AvgIpc) is 2.07. The Kier molecular flexibility index (Phi) is 3.28. The molecule has 0 radical (unpaired) electrons. The van der Waals surface area contributed by atoms with Gasteiger partial charge in [-0.05, 0) is 31.1 Å². The number of nitrogens with one attached hydrogen (secondary N) is 1. The van der Waals surface area contributed by atoms with Crippen LogP contribution in [0.4, 0.5) is 4.79 Å². The highest BCUT2D eigenvalue weighted by atomic mass is 16.2. The Hall–Kier alpha value is -1.06. The first kappa shape index (κ1) is 10.0. The van der Waals surface area contributed by atoms with E-state index in [0.717, 1.165) is 18.6 Å². The number of amides is 2. The monoisotopic (exact) mass is 183 g/mol. The number of carbonyl (C=O) groups is 1. The van der Waals surface area contributed by atoms with Crippen LogP contribution in [0.3, 0.4) is 0 Å². The van der Waals surface area contributed by atoms with Crippen molar-refractivity contribution in [2.24, 2.45) is 22.7 Å². The number of carbonyl (C=O) groups excluding carboxylic acids is 1. The normalized spacial score (nSPS) is 31.7. The molecule has 0 aliphatic heterocycles. The van der Waals surface area contributed by atoms with Gasteiger partial charge in [0.2, 0.25) is 0 Å². The molecule has 1 aliphatic carbocycles. The molecule has 4 nitrogen and oxygen atoms in total. The fraction of sp³-hybridized carbons (Fsp3) is 0.778. The number of hydrazone groups is 1. The molecule has 0 heterocycles. The van der Waals surface area contributed by atoms with Crippen molar-refractivity contribution in [1.82, 2.24) is 5.43 Å². The van der Waals surface area contributed by atoms with Crippen LogP contribution in [0.15, 0.2) is 5.10 Å². The Balaban J connectivity index is 2.56. The van der Waals surface area contributed by atoms with Gasteiger partial charge in [-0.1, -0.05) is 13.8 Å². The predicted molar refractivity (Wildman–Crippen MR) is 52.3 cm³/mol. The van der Waals surface area contributed by atoms with E-state index in [2.05, 4.69) is 24.4 Å². The summed E-state index contributed by atoms with van der Waals surface area (Å²) in [6.45, 7) is 4.36. The van der Waals surface area contributed by atoms with Crippen LogP contribution >= 0.6 is 0 Å². The van der Waals surface area contributed by atoms with Gasteiger partial charge < -0.3 is 5.73 Å². The van der Waals surface area contributed by atoms with E-state index in [1.807, 2.05) is 0 Å². The van der Waals surface area contributed by atoms with E-state index in [9.17, 15) is 4.79 Å². The van der Waals surface area contributed by atoms with Gasteiger partial charge in [0.25, 0.3) is 0 Å². The molecule has 2 unspecified atom stereocenters. The topological polar surface area (TPSA) is 67.5 Å². The summed E-state index contributed by atoms with van der Waals surface area (Å²) in [4.78, 5) is 10.4. The molecule has 2 amide bonds. The number of hydrogen-bond donors (Lipinski definition) is 2. The Morgan fingerprint density at radius 2 is 2.31 bits per heavy atom. The zero-order valence-corrected chi connectivity index (χ0v) is 8.21. The highest BCUT2D eigenvalue weighted by molar-refractivity contribution is 5.88. The zero-order valence-electron chi connectivity index (χ0n) is 8.21. The molecule has 0 saturated heterocycles. The van der Waals surface area contributed by atoms with Crippen LogP contribution in [0.1, 0.15) is 33.1 Å². The van der Waals surface area contributed by atoms with Gasteiger partial charge in [0.15, 0.2) is 0 Å². The van der Waals surface area contributed by atoms with E-state index in [4.69, 9.17) is 5.73 Å². The Morgan fingerprint density at radius 1 is 1.62 bits per heavy atom. The summed E-state index contributed by atoms with van der Waals surface area (Å²) in [5.41, 5.74) is 8.29. The van der Waals surface area contributed by atoms with Gasteiger partial charge in [-0.15, -0.1) is 0 Å². The molecule has 0 bridgehead atoms.